The van der Waals surface area contributed by atoms with Crippen LogP contribution in [0.2, 0.25) is 0 Å². The number of rotatable bonds is 9. The zero-order chi connectivity index (χ0) is 22.8. The number of thiophene rings is 1. The minimum Gasteiger partial charge on any atom is -0.493 e. The summed E-state index contributed by atoms with van der Waals surface area (Å²) >= 11 is 1.73. The van der Waals surface area contributed by atoms with Crippen LogP contribution < -0.4 is 14.8 Å². The molecule has 6 nitrogen and oxygen atoms in total. The number of nitrogens with one attached hydrogen (secondary N) is 1. The van der Waals surface area contributed by atoms with Gasteiger partial charge in [0.1, 0.15) is 17.0 Å². The van der Waals surface area contributed by atoms with E-state index in [1.54, 1.807) is 31.9 Å². The minimum absolute atomic E-state index is 0.759. The van der Waals surface area contributed by atoms with Crippen LogP contribution in [0.25, 0.3) is 20.4 Å². The highest BCUT2D eigenvalue weighted by Gasteiger charge is 2.23. The lowest BCUT2D eigenvalue weighted by Crippen LogP contribution is -2.05. The van der Waals surface area contributed by atoms with E-state index in [-0.39, 0.29) is 0 Å². The standard InChI is InChI=1S/C26H30N4O2S/c1-4-7-19-17-9-5-10-18(17)22-23-24(33-26(22)30-19)25(29-15-28-23)27-13-6-8-16-11-12-20(31-2)21(14-16)32-3/h11-12,14-15H,4-10,13H2,1-3H3,(H,27,28,29). The maximum atomic E-state index is 5.42. The third-order valence-corrected chi connectivity index (χ3v) is 7.51. The molecule has 0 radical (unpaired) electrons. The SMILES string of the molecule is CCCc1nc2sc3c(NCCCc4ccc(OC)c(OC)c4)ncnc3c2c2c1CCC2. The fourth-order valence-electron chi connectivity index (χ4n) is 4.88. The van der Waals surface area contributed by atoms with Gasteiger partial charge in [-0.25, -0.2) is 15.0 Å². The highest BCUT2D eigenvalue weighted by molar-refractivity contribution is 7.26. The number of methoxy groups -OCH3 is 2. The van der Waals surface area contributed by atoms with E-state index < -0.39 is 0 Å². The van der Waals surface area contributed by atoms with Gasteiger partial charge in [0.2, 0.25) is 0 Å². The molecule has 3 aromatic heterocycles. The van der Waals surface area contributed by atoms with Crippen LogP contribution in [-0.2, 0) is 25.7 Å². The van der Waals surface area contributed by atoms with Crippen LogP contribution in [0, 0.1) is 0 Å². The Balaban J connectivity index is 1.36. The second-order valence-electron chi connectivity index (χ2n) is 8.52. The molecule has 1 aliphatic rings. The summed E-state index contributed by atoms with van der Waals surface area (Å²) in [5, 5.41) is 4.82. The predicted molar refractivity (Wildman–Crippen MR) is 135 cm³/mol. The first-order valence-electron chi connectivity index (χ1n) is 11.8. The van der Waals surface area contributed by atoms with Crippen molar-refractivity contribution in [3.63, 3.8) is 0 Å². The maximum absolute atomic E-state index is 5.42. The normalized spacial score (nSPS) is 12.9. The average Bonchev–Trinajstić information content (AvgIpc) is 3.47. The summed E-state index contributed by atoms with van der Waals surface area (Å²) in [7, 11) is 3.33. The fourth-order valence-corrected chi connectivity index (χ4v) is 6.03. The quantitative estimate of drug-likeness (QED) is 0.320. The molecule has 172 valence electrons. The van der Waals surface area contributed by atoms with Crippen molar-refractivity contribution < 1.29 is 9.47 Å². The lowest BCUT2D eigenvalue weighted by Gasteiger charge is -2.10. The monoisotopic (exact) mass is 462 g/mol. The molecule has 0 bridgehead atoms. The van der Waals surface area contributed by atoms with Crippen LogP contribution in [0.4, 0.5) is 5.82 Å². The lowest BCUT2D eigenvalue weighted by atomic mass is 10.0. The second-order valence-corrected chi connectivity index (χ2v) is 9.52. The van der Waals surface area contributed by atoms with E-state index in [4.69, 9.17) is 14.5 Å². The van der Waals surface area contributed by atoms with Crippen molar-refractivity contribution in [3.05, 3.63) is 46.9 Å². The largest absolute Gasteiger partial charge is 0.493 e. The first kappa shape index (κ1) is 21.9. The molecule has 0 amide bonds. The molecule has 3 heterocycles. The number of hydrogen-bond acceptors (Lipinski definition) is 7. The number of aryl methyl sites for hydroxylation is 3. The van der Waals surface area contributed by atoms with Crippen molar-refractivity contribution in [3.8, 4) is 11.5 Å². The van der Waals surface area contributed by atoms with Crippen molar-refractivity contribution in [1.29, 1.82) is 0 Å². The molecule has 0 atom stereocenters. The lowest BCUT2D eigenvalue weighted by molar-refractivity contribution is 0.354. The summed E-state index contributed by atoms with van der Waals surface area (Å²) in [5.41, 5.74) is 6.54. The molecule has 0 saturated carbocycles. The summed E-state index contributed by atoms with van der Waals surface area (Å²) in [6.07, 6.45) is 9.31. The molecule has 0 spiro atoms. The molecule has 5 rings (SSSR count). The highest BCUT2D eigenvalue weighted by atomic mass is 32.1. The van der Waals surface area contributed by atoms with Crippen LogP contribution in [0.1, 0.15) is 48.6 Å². The van der Waals surface area contributed by atoms with Crippen molar-refractivity contribution in [2.45, 2.75) is 51.9 Å². The Bertz CT molecular complexity index is 1300. The number of pyridine rings is 1. The van der Waals surface area contributed by atoms with Crippen LogP contribution >= 0.6 is 11.3 Å². The predicted octanol–water partition coefficient (Wildman–Crippen LogP) is 5.74. The first-order chi connectivity index (χ1) is 16.2. The molecule has 0 aliphatic heterocycles. The topological polar surface area (TPSA) is 69.2 Å². The molecular weight excluding hydrogens is 432 g/mol. The fraction of sp³-hybridized carbons (Fsp3) is 0.423. The zero-order valence-electron chi connectivity index (χ0n) is 19.5. The minimum atomic E-state index is 0.759. The molecule has 7 heteroatoms. The van der Waals surface area contributed by atoms with E-state index in [0.717, 1.165) is 77.4 Å². The molecule has 1 aliphatic carbocycles. The summed E-state index contributed by atoms with van der Waals surface area (Å²) < 4.78 is 11.9. The van der Waals surface area contributed by atoms with Gasteiger partial charge in [-0.05, 0) is 67.3 Å². The summed E-state index contributed by atoms with van der Waals surface area (Å²) in [6.45, 7) is 3.06. The van der Waals surface area contributed by atoms with Gasteiger partial charge in [0.15, 0.2) is 11.5 Å². The van der Waals surface area contributed by atoms with Crippen LogP contribution in [0.5, 0.6) is 11.5 Å². The van der Waals surface area contributed by atoms with Gasteiger partial charge in [0, 0.05) is 17.6 Å². The molecule has 0 unspecified atom stereocenters. The Morgan fingerprint density at radius 3 is 2.70 bits per heavy atom. The van der Waals surface area contributed by atoms with Gasteiger partial charge in [0.25, 0.3) is 0 Å². The van der Waals surface area contributed by atoms with Crippen LogP contribution in [-0.4, -0.2) is 35.7 Å². The van der Waals surface area contributed by atoms with E-state index in [0.29, 0.717) is 0 Å². The molecule has 1 N–H and O–H groups in total. The van der Waals surface area contributed by atoms with Gasteiger partial charge < -0.3 is 14.8 Å². The van der Waals surface area contributed by atoms with Crippen molar-refractivity contribution in [2.24, 2.45) is 0 Å². The van der Waals surface area contributed by atoms with Crippen LogP contribution in [0.15, 0.2) is 24.5 Å². The Labute approximate surface area is 198 Å². The molecule has 0 saturated heterocycles. The maximum Gasteiger partial charge on any atom is 0.160 e. The van der Waals surface area contributed by atoms with E-state index >= 15 is 0 Å². The average molecular weight is 463 g/mol. The summed E-state index contributed by atoms with van der Waals surface area (Å²) in [4.78, 5) is 15.5. The Morgan fingerprint density at radius 2 is 1.88 bits per heavy atom. The van der Waals surface area contributed by atoms with Gasteiger partial charge in [0.05, 0.1) is 24.4 Å². The van der Waals surface area contributed by atoms with E-state index in [1.807, 2.05) is 12.1 Å². The zero-order valence-corrected chi connectivity index (χ0v) is 20.3. The Kier molecular flexibility index (Phi) is 6.31. The van der Waals surface area contributed by atoms with Crippen molar-refractivity contribution in [1.82, 2.24) is 15.0 Å². The van der Waals surface area contributed by atoms with Gasteiger partial charge in [-0.1, -0.05) is 19.4 Å². The van der Waals surface area contributed by atoms with Crippen LogP contribution in [0.3, 0.4) is 0 Å². The van der Waals surface area contributed by atoms with E-state index in [9.17, 15) is 0 Å². The molecule has 4 aromatic rings. The van der Waals surface area contributed by atoms with E-state index in [1.165, 1.54) is 34.2 Å². The third kappa shape index (κ3) is 4.10. The Morgan fingerprint density at radius 1 is 1.03 bits per heavy atom. The van der Waals surface area contributed by atoms with Crippen molar-refractivity contribution >= 4 is 37.6 Å². The number of ether oxygens (including phenoxy) is 2. The number of anilines is 1. The van der Waals surface area contributed by atoms with Gasteiger partial charge in [-0.2, -0.15) is 0 Å². The van der Waals surface area contributed by atoms with E-state index in [2.05, 4.69) is 28.3 Å². The number of aromatic nitrogens is 3. The molecule has 33 heavy (non-hydrogen) atoms. The highest BCUT2D eigenvalue weighted by Crippen LogP contribution is 2.41. The summed E-state index contributed by atoms with van der Waals surface area (Å²) in [5.74, 6) is 2.45. The third-order valence-electron chi connectivity index (χ3n) is 6.43. The van der Waals surface area contributed by atoms with Gasteiger partial charge in [-0.3, -0.25) is 0 Å². The molecule has 1 aromatic carbocycles. The molecular formula is C26H30N4O2S. The number of fused-ring (bicyclic) bond motifs is 5. The molecule has 0 fully saturated rings. The smallest absolute Gasteiger partial charge is 0.160 e. The number of benzene rings is 1. The van der Waals surface area contributed by atoms with Crippen molar-refractivity contribution in [2.75, 3.05) is 26.1 Å². The number of hydrogen-bond donors (Lipinski definition) is 1. The number of nitrogens with zero attached hydrogens (tertiary/aromatic N) is 3. The second kappa shape index (κ2) is 9.51. The Hall–Kier alpha value is -2.93. The van der Waals surface area contributed by atoms with Gasteiger partial charge in [-0.15, -0.1) is 11.3 Å². The van der Waals surface area contributed by atoms with Gasteiger partial charge >= 0.3 is 0 Å². The summed E-state index contributed by atoms with van der Waals surface area (Å²) in [6, 6.07) is 6.11. The first-order valence-corrected chi connectivity index (χ1v) is 12.6.